The van der Waals surface area contributed by atoms with E-state index < -0.39 is 0 Å². The Kier molecular flexibility index (Phi) is 8.29. The average molecular weight is 453 g/mol. The molecule has 3 rings (SSSR count). The van der Waals surface area contributed by atoms with Crippen molar-refractivity contribution in [3.8, 4) is 34.3 Å². The smallest absolute Gasteiger partial charge is 0.266 e. The van der Waals surface area contributed by atoms with E-state index in [1.165, 1.54) is 25.0 Å². The van der Waals surface area contributed by atoms with Crippen molar-refractivity contribution < 1.29 is 23.7 Å². The largest absolute Gasteiger partial charge is 0.496 e. The van der Waals surface area contributed by atoms with E-state index in [2.05, 4.69) is 10.4 Å². The molecule has 3 aromatic rings. The molecule has 0 fully saturated rings. The fourth-order valence-electron chi connectivity index (χ4n) is 3.02. The second-order valence-electron chi connectivity index (χ2n) is 6.92. The zero-order chi connectivity index (χ0) is 23.6. The molecular formula is C24H27N3O6. The van der Waals surface area contributed by atoms with E-state index in [1.54, 1.807) is 24.3 Å². The minimum Gasteiger partial charge on any atom is -0.496 e. The number of carbonyl (C=O) groups is 1. The van der Waals surface area contributed by atoms with E-state index in [4.69, 9.17) is 18.9 Å². The van der Waals surface area contributed by atoms with Gasteiger partial charge in [-0.3, -0.25) is 9.59 Å². The molecule has 0 saturated heterocycles. The number of hydrogen-bond acceptors (Lipinski definition) is 7. The number of benzene rings is 2. The quantitative estimate of drug-likeness (QED) is 0.476. The number of hydrogen-bond donors (Lipinski definition) is 1. The highest BCUT2D eigenvalue weighted by molar-refractivity contribution is 5.77. The van der Waals surface area contributed by atoms with Gasteiger partial charge >= 0.3 is 0 Å². The Bertz CT molecular complexity index is 1110. The minimum absolute atomic E-state index is 0.190. The molecule has 1 amide bonds. The summed E-state index contributed by atoms with van der Waals surface area (Å²) in [4.78, 5) is 24.3. The molecule has 2 aromatic carbocycles. The van der Waals surface area contributed by atoms with Gasteiger partial charge in [0, 0.05) is 36.4 Å². The van der Waals surface area contributed by atoms with Crippen LogP contribution in [-0.2, 0) is 11.3 Å². The molecule has 33 heavy (non-hydrogen) atoms. The third kappa shape index (κ3) is 6.73. The van der Waals surface area contributed by atoms with Crippen LogP contribution in [0.4, 0.5) is 0 Å². The van der Waals surface area contributed by atoms with Gasteiger partial charge < -0.3 is 24.3 Å². The monoisotopic (exact) mass is 453 g/mol. The van der Waals surface area contributed by atoms with Gasteiger partial charge in [-0.15, -0.1) is 0 Å². The molecular weight excluding hydrogens is 426 g/mol. The van der Waals surface area contributed by atoms with E-state index in [0.717, 1.165) is 11.3 Å². The van der Waals surface area contributed by atoms with Crippen molar-refractivity contribution in [3.63, 3.8) is 0 Å². The predicted molar refractivity (Wildman–Crippen MR) is 123 cm³/mol. The van der Waals surface area contributed by atoms with Gasteiger partial charge in [-0.25, -0.2) is 4.68 Å². The van der Waals surface area contributed by atoms with Crippen molar-refractivity contribution in [2.45, 2.75) is 13.5 Å². The normalized spacial score (nSPS) is 10.4. The third-order valence-corrected chi connectivity index (χ3v) is 4.67. The van der Waals surface area contributed by atoms with Crippen LogP contribution in [-0.4, -0.2) is 49.7 Å². The summed E-state index contributed by atoms with van der Waals surface area (Å²) in [5, 5.41) is 7.12. The molecule has 0 atom stereocenters. The summed E-state index contributed by atoms with van der Waals surface area (Å²) < 4.78 is 22.6. The van der Waals surface area contributed by atoms with Crippen molar-refractivity contribution in [1.29, 1.82) is 0 Å². The Labute approximate surface area is 191 Å². The van der Waals surface area contributed by atoms with E-state index in [0.29, 0.717) is 29.5 Å². The van der Waals surface area contributed by atoms with Crippen LogP contribution in [0.25, 0.3) is 11.3 Å². The minimum atomic E-state index is -0.326. The van der Waals surface area contributed by atoms with Crippen LogP contribution in [0, 0.1) is 0 Å². The van der Waals surface area contributed by atoms with Crippen LogP contribution in [0.15, 0.2) is 59.4 Å². The standard InChI is InChI=1S/C24H27N3O6/c1-4-32-18-7-5-17(6-8-18)22-9-10-24(29)27(26-22)12-11-25-23(28)16-33-21-14-19(30-2)13-20(15-21)31-3/h5-10,13-15H,4,11-12,16H2,1-3H3,(H,25,28). The Balaban J connectivity index is 1.54. The molecule has 0 aliphatic rings. The lowest BCUT2D eigenvalue weighted by Crippen LogP contribution is -2.34. The Morgan fingerprint density at radius 2 is 1.58 bits per heavy atom. The van der Waals surface area contributed by atoms with Crippen LogP contribution < -0.4 is 29.8 Å². The molecule has 1 N–H and O–H groups in total. The molecule has 9 heteroatoms. The molecule has 1 aromatic heterocycles. The summed E-state index contributed by atoms with van der Waals surface area (Å²) in [6.45, 7) is 2.77. The number of nitrogens with zero attached hydrogens (tertiary/aromatic N) is 2. The highest BCUT2D eigenvalue weighted by Gasteiger charge is 2.08. The molecule has 0 radical (unpaired) electrons. The lowest BCUT2D eigenvalue weighted by atomic mass is 10.1. The van der Waals surface area contributed by atoms with E-state index in [9.17, 15) is 9.59 Å². The second-order valence-corrected chi connectivity index (χ2v) is 6.92. The molecule has 0 aliphatic carbocycles. The predicted octanol–water partition coefficient (Wildman–Crippen LogP) is 2.52. The average Bonchev–Trinajstić information content (AvgIpc) is 2.84. The topological polar surface area (TPSA) is 101 Å². The lowest BCUT2D eigenvalue weighted by molar-refractivity contribution is -0.123. The van der Waals surface area contributed by atoms with Crippen LogP contribution in [0.5, 0.6) is 23.0 Å². The first-order valence-electron chi connectivity index (χ1n) is 10.5. The lowest BCUT2D eigenvalue weighted by Gasteiger charge is -2.11. The zero-order valence-corrected chi connectivity index (χ0v) is 18.9. The van der Waals surface area contributed by atoms with Crippen molar-refractivity contribution in [2.75, 3.05) is 34.0 Å². The van der Waals surface area contributed by atoms with Crippen LogP contribution in [0.1, 0.15) is 6.92 Å². The maximum absolute atomic E-state index is 12.2. The molecule has 9 nitrogen and oxygen atoms in total. The Morgan fingerprint density at radius 1 is 0.909 bits per heavy atom. The Hall–Kier alpha value is -4.01. The molecule has 0 aliphatic heterocycles. The van der Waals surface area contributed by atoms with Gasteiger partial charge in [0.05, 0.1) is 33.1 Å². The number of ether oxygens (including phenoxy) is 4. The highest BCUT2D eigenvalue weighted by Crippen LogP contribution is 2.27. The van der Waals surface area contributed by atoms with E-state index in [1.807, 2.05) is 31.2 Å². The van der Waals surface area contributed by atoms with Crippen LogP contribution in [0.3, 0.4) is 0 Å². The van der Waals surface area contributed by atoms with Crippen molar-refractivity contribution in [3.05, 3.63) is 65.0 Å². The zero-order valence-electron chi connectivity index (χ0n) is 18.9. The van der Waals surface area contributed by atoms with Crippen molar-refractivity contribution in [1.82, 2.24) is 15.1 Å². The van der Waals surface area contributed by atoms with Crippen molar-refractivity contribution >= 4 is 5.91 Å². The van der Waals surface area contributed by atoms with Gasteiger partial charge in [0.15, 0.2) is 6.61 Å². The summed E-state index contributed by atoms with van der Waals surface area (Å²) in [5.74, 6) is 2.01. The SMILES string of the molecule is CCOc1ccc(-c2ccc(=O)n(CCNC(=O)COc3cc(OC)cc(OC)c3)n2)cc1. The summed E-state index contributed by atoms with van der Waals surface area (Å²) >= 11 is 0. The van der Waals surface area contributed by atoms with Gasteiger partial charge in [-0.2, -0.15) is 5.10 Å². The fourth-order valence-corrected chi connectivity index (χ4v) is 3.02. The fraction of sp³-hybridized carbons (Fsp3) is 0.292. The number of aromatic nitrogens is 2. The molecule has 1 heterocycles. The number of rotatable bonds is 11. The Morgan fingerprint density at radius 3 is 2.21 bits per heavy atom. The summed E-state index contributed by atoms with van der Waals surface area (Å²) in [6.07, 6.45) is 0. The maximum atomic E-state index is 12.2. The summed E-state index contributed by atoms with van der Waals surface area (Å²) in [7, 11) is 3.07. The number of carbonyl (C=O) groups excluding carboxylic acids is 1. The van der Waals surface area contributed by atoms with Gasteiger partial charge in [-0.05, 0) is 37.3 Å². The summed E-state index contributed by atoms with van der Waals surface area (Å²) in [6, 6.07) is 15.6. The van der Waals surface area contributed by atoms with Gasteiger partial charge in [0.1, 0.15) is 23.0 Å². The first-order chi connectivity index (χ1) is 16.0. The van der Waals surface area contributed by atoms with Gasteiger partial charge in [0.25, 0.3) is 11.5 Å². The van der Waals surface area contributed by atoms with E-state index >= 15 is 0 Å². The maximum Gasteiger partial charge on any atom is 0.266 e. The number of nitrogens with one attached hydrogen (secondary N) is 1. The molecule has 174 valence electrons. The molecule has 0 spiro atoms. The highest BCUT2D eigenvalue weighted by atomic mass is 16.5. The van der Waals surface area contributed by atoms with Crippen LogP contribution >= 0.6 is 0 Å². The van der Waals surface area contributed by atoms with Crippen molar-refractivity contribution in [2.24, 2.45) is 0 Å². The van der Waals surface area contributed by atoms with E-state index in [-0.39, 0.29) is 31.2 Å². The molecule has 0 unspecified atom stereocenters. The first-order valence-corrected chi connectivity index (χ1v) is 10.5. The molecule has 0 saturated carbocycles. The second kappa shape index (κ2) is 11.6. The molecule has 0 bridgehead atoms. The van der Waals surface area contributed by atoms with Gasteiger partial charge in [-0.1, -0.05) is 0 Å². The van der Waals surface area contributed by atoms with Crippen LogP contribution in [0.2, 0.25) is 0 Å². The number of amides is 1. The van der Waals surface area contributed by atoms with Gasteiger partial charge in [0.2, 0.25) is 0 Å². The number of methoxy groups -OCH3 is 2. The third-order valence-electron chi connectivity index (χ3n) is 4.67. The first kappa shape index (κ1) is 23.6. The summed E-state index contributed by atoms with van der Waals surface area (Å²) in [5.41, 5.74) is 1.26.